The predicted molar refractivity (Wildman–Crippen MR) is 62.0 cm³/mol. The molecule has 0 fully saturated rings. The molecule has 0 saturated carbocycles. The molecular formula is C11H13NO6. The number of methoxy groups -OCH3 is 1. The average Bonchev–Trinajstić information content (AvgIpc) is 2.27. The molecule has 0 heterocycles. The first-order valence-electron chi connectivity index (χ1n) is 5.15. The molecule has 0 aromatic heterocycles. The summed E-state index contributed by atoms with van der Waals surface area (Å²) in [6.07, 6.45) is -0.815. The lowest BCUT2D eigenvalue weighted by Crippen LogP contribution is -2.17. The molecular weight excluding hydrogens is 242 g/mol. The van der Waals surface area contributed by atoms with Gasteiger partial charge in [0.25, 0.3) is 5.69 Å². The second-order valence-corrected chi connectivity index (χ2v) is 3.62. The standard InChI is InChI=1S/C11H13NO6/c1-7(5-11(13)14)18-10-6-8(12(15)16)3-4-9(10)17-2/h3-4,6-7H,5H2,1-2H3,(H,13,14)/t7-/m1/s1. The summed E-state index contributed by atoms with van der Waals surface area (Å²) in [5, 5.41) is 19.2. The van der Waals surface area contributed by atoms with Gasteiger partial charge in [-0.05, 0) is 13.0 Å². The van der Waals surface area contributed by atoms with Crippen molar-refractivity contribution in [2.75, 3.05) is 7.11 Å². The topological polar surface area (TPSA) is 98.9 Å². The van der Waals surface area contributed by atoms with Crippen LogP contribution < -0.4 is 9.47 Å². The highest BCUT2D eigenvalue weighted by molar-refractivity contribution is 5.67. The maximum absolute atomic E-state index is 10.6. The molecule has 1 N–H and O–H groups in total. The Morgan fingerprint density at radius 2 is 2.17 bits per heavy atom. The SMILES string of the molecule is COc1ccc([N+](=O)[O-])cc1O[C@H](C)CC(=O)O. The Labute approximate surface area is 103 Å². The number of carboxylic acids is 1. The zero-order chi connectivity index (χ0) is 13.7. The van der Waals surface area contributed by atoms with E-state index >= 15 is 0 Å². The number of hydrogen-bond donors (Lipinski definition) is 1. The third-order valence-corrected chi connectivity index (χ3v) is 2.15. The number of nitrogens with zero attached hydrogens (tertiary/aromatic N) is 1. The Hall–Kier alpha value is -2.31. The molecule has 0 bridgehead atoms. The largest absolute Gasteiger partial charge is 0.493 e. The monoisotopic (exact) mass is 255 g/mol. The highest BCUT2D eigenvalue weighted by Gasteiger charge is 2.16. The number of nitro groups is 1. The van der Waals surface area contributed by atoms with Crippen LogP contribution in [-0.4, -0.2) is 29.2 Å². The van der Waals surface area contributed by atoms with Crippen LogP contribution in [0.15, 0.2) is 18.2 Å². The van der Waals surface area contributed by atoms with Crippen molar-refractivity contribution in [3.8, 4) is 11.5 Å². The van der Waals surface area contributed by atoms with Gasteiger partial charge in [-0.3, -0.25) is 14.9 Å². The van der Waals surface area contributed by atoms with E-state index < -0.39 is 17.0 Å². The molecule has 0 aliphatic carbocycles. The van der Waals surface area contributed by atoms with E-state index in [-0.39, 0.29) is 17.9 Å². The van der Waals surface area contributed by atoms with Crippen molar-refractivity contribution in [2.45, 2.75) is 19.4 Å². The molecule has 98 valence electrons. The van der Waals surface area contributed by atoms with Gasteiger partial charge >= 0.3 is 5.97 Å². The van der Waals surface area contributed by atoms with Gasteiger partial charge in [-0.25, -0.2) is 0 Å². The van der Waals surface area contributed by atoms with Crippen LogP contribution in [0, 0.1) is 10.1 Å². The summed E-state index contributed by atoms with van der Waals surface area (Å²) in [6.45, 7) is 1.56. The van der Waals surface area contributed by atoms with Crippen LogP contribution in [-0.2, 0) is 4.79 Å². The quantitative estimate of drug-likeness (QED) is 0.615. The van der Waals surface area contributed by atoms with Gasteiger partial charge in [-0.15, -0.1) is 0 Å². The number of ether oxygens (including phenoxy) is 2. The number of rotatable bonds is 6. The minimum atomic E-state index is -1.01. The maximum Gasteiger partial charge on any atom is 0.307 e. The van der Waals surface area contributed by atoms with Crippen LogP contribution in [0.4, 0.5) is 5.69 Å². The van der Waals surface area contributed by atoms with Gasteiger partial charge in [0.05, 0.1) is 24.5 Å². The van der Waals surface area contributed by atoms with E-state index in [1.807, 2.05) is 0 Å². The molecule has 7 nitrogen and oxygen atoms in total. The van der Waals surface area contributed by atoms with Gasteiger partial charge in [0.2, 0.25) is 0 Å². The molecule has 1 atom stereocenters. The van der Waals surface area contributed by atoms with Gasteiger partial charge in [0.15, 0.2) is 11.5 Å². The molecule has 0 saturated heterocycles. The Morgan fingerprint density at radius 3 is 2.67 bits per heavy atom. The summed E-state index contributed by atoms with van der Waals surface area (Å²) < 4.78 is 10.3. The maximum atomic E-state index is 10.6. The van der Waals surface area contributed by atoms with E-state index in [1.165, 1.54) is 25.3 Å². The first-order chi connectivity index (χ1) is 8.43. The Bertz CT molecular complexity index is 459. The summed E-state index contributed by atoms with van der Waals surface area (Å²) in [5.41, 5.74) is -0.145. The van der Waals surface area contributed by atoms with E-state index in [0.29, 0.717) is 5.75 Å². The fourth-order valence-electron chi connectivity index (χ4n) is 1.38. The second-order valence-electron chi connectivity index (χ2n) is 3.62. The van der Waals surface area contributed by atoms with Crippen LogP contribution in [0.25, 0.3) is 0 Å². The molecule has 7 heteroatoms. The number of nitro benzene ring substituents is 1. The number of carboxylic acid groups (broad SMARTS) is 1. The number of aliphatic carboxylic acids is 1. The van der Waals surface area contributed by atoms with Gasteiger partial charge in [-0.2, -0.15) is 0 Å². The Kier molecular flexibility index (Phi) is 4.47. The second kappa shape index (κ2) is 5.85. The van der Waals surface area contributed by atoms with Crippen molar-refractivity contribution >= 4 is 11.7 Å². The molecule has 1 rings (SSSR count). The number of benzene rings is 1. The van der Waals surface area contributed by atoms with Crippen molar-refractivity contribution in [2.24, 2.45) is 0 Å². The van der Waals surface area contributed by atoms with Gasteiger partial charge in [-0.1, -0.05) is 0 Å². The average molecular weight is 255 g/mol. The number of carbonyl (C=O) groups is 1. The Balaban J connectivity index is 2.94. The van der Waals surface area contributed by atoms with E-state index in [1.54, 1.807) is 6.92 Å². The summed E-state index contributed by atoms with van der Waals surface area (Å²) >= 11 is 0. The third kappa shape index (κ3) is 3.62. The van der Waals surface area contributed by atoms with E-state index in [4.69, 9.17) is 14.6 Å². The van der Waals surface area contributed by atoms with Crippen molar-refractivity contribution in [1.29, 1.82) is 0 Å². The van der Waals surface area contributed by atoms with Crippen LogP contribution in [0.5, 0.6) is 11.5 Å². The summed E-state index contributed by atoms with van der Waals surface area (Å²) in [6, 6.07) is 3.89. The highest BCUT2D eigenvalue weighted by atomic mass is 16.6. The Morgan fingerprint density at radius 1 is 1.50 bits per heavy atom. The minimum Gasteiger partial charge on any atom is -0.493 e. The smallest absolute Gasteiger partial charge is 0.307 e. The van der Waals surface area contributed by atoms with E-state index in [9.17, 15) is 14.9 Å². The van der Waals surface area contributed by atoms with Crippen molar-refractivity contribution in [3.05, 3.63) is 28.3 Å². The zero-order valence-corrected chi connectivity index (χ0v) is 9.95. The van der Waals surface area contributed by atoms with Crippen LogP contribution in [0.2, 0.25) is 0 Å². The first-order valence-corrected chi connectivity index (χ1v) is 5.15. The van der Waals surface area contributed by atoms with Crippen LogP contribution in [0.1, 0.15) is 13.3 Å². The fourth-order valence-corrected chi connectivity index (χ4v) is 1.38. The summed E-state index contributed by atoms with van der Waals surface area (Å²) in [4.78, 5) is 20.6. The normalized spacial score (nSPS) is 11.7. The number of hydrogen-bond acceptors (Lipinski definition) is 5. The molecule has 18 heavy (non-hydrogen) atoms. The molecule has 0 aliphatic heterocycles. The molecule has 1 aromatic rings. The van der Waals surface area contributed by atoms with Crippen molar-refractivity contribution in [1.82, 2.24) is 0 Å². The number of non-ortho nitro benzene ring substituents is 1. The lowest BCUT2D eigenvalue weighted by molar-refractivity contribution is -0.385. The lowest BCUT2D eigenvalue weighted by Gasteiger charge is -2.15. The fraction of sp³-hybridized carbons (Fsp3) is 0.364. The minimum absolute atomic E-state index is 0.145. The van der Waals surface area contributed by atoms with Gasteiger partial charge in [0, 0.05) is 6.07 Å². The highest BCUT2D eigenvalue weighted by Crippen LogP contribution is 2.32. The molecule has 0 unspecified atom stereocenters. The van der Waals surface area contributed by atoms with Gasteiger partial charge in [0.1, 0.15) is 6.10 Å². The predicted octanol–water partition coefficient (Wildman–Crippen LogP) is 1.85. The van der Waals surface area contributed by atoms with E-state index in [2.05, 4.69) is 0 Å². The van der Waals surface area contributed by atoms with E-state index in [0.717, 1.165) is 0 Å². The molecule has 0 amide bonds. The molecule has 0 spiro atoms. The third-order valence-electron chi connectivity index (χ3n) is 2.15. The zero-order valence-electron chi connectivity index (χ0n) is 9.95. The molecule has 0 aliphatic rings. The summed E-state index contributed by atoms with van der Waals surface area (Å²) in [7, 11) is 1.40. The molecule has 0 radical (unpaired) electrons. The van der Waals surface area contributed by atoms with Gasteiger partial charge < -0.3 is 14.6 Å². The van der Waals surface area contributed by atoms with Crippen molar-refractivity contribution in [3.63, 3.8) is 0 Å². The summed E-state index contributed by atoms with van der Waals surface area (Å²) in [5.74, 6) is -0.537. The first kappa shape index (κ1) is 13.8. The lowest BCUT2D eigenvalue weighted by atomic mass is 10.2. The van der Waals surface area contributed by atoms with Crippen molar-refractivity contribution < 1.29 is 24.3 Å². The van der Waals surface area contributed by atoms with Crippen LogP contribution in [0.3, 0.4) is 0 Å². The van der Waals surface area contributed by atoms with Crippen LogP contribution >= 0.6 is 0 Å². The molecule has 1 aromatic carbocycles.